The van der Waals surface area contributed by atoms with Crippen LogP contribution in [0.1, 0.15) is 37.8 Å². The van der Waals surface area contributed by atoms with Crippen LogP contribution >= 0.6 is 0 Å². The molecular formula is C22H31N3O3. The van der Waals surface area contributed by atoms with Gasteiger partial charge in [-0.05, 0) is 56.8 Å². The molecule has 6 heteroatoms. The second kappa shape index (κ2) is 9.26. The molecule has 1 N–H and O–H groups in total. The van der Waals surface area contributed by atoms with Gasteiger partial charge in [-0.2, -0.15) is 0 Å². The first-order valence-electron chi connectivity index (χ1n) is 9.90. The molecule has 28 heavy (non-hydrogen) atoms. The maximum absolute atomic E-state index is 12.9. The third kappa shape index (κ3) is 4.39. The Morgan fingerprint density at radius 2 is 2.00 bits per heavy atom. The Balaban J connectivity index is 1.77. The number of rotatable bonds is 6. The van der Waals surface area contributed by atoms with Gasteiger partial charge >= 0.3 is 6.03 Å². The maximum atomic E-state index is 12.9. The molecule has 3 rings (SSSR count). The summed E-state index contributed by atoms with van der Waals surface area (Å²) in [6, 6.07) is 11.9. The Morgan fingerprint density at radius 3 is 2.71 bits per heavy atom. The lowest BCUT2D eigenvalue weighted by atomic mass is 9.99. The van der Waals surface area contributed by atoms with Crippen molar-refractivity contribution in [2.24, 2.45) is 0 Å². The van der Waals surface area contributed by atoms with Crippen LogP contribution in [-0.4, -0.2) is 56.5 Å². The number of likely N-dealkylation sites (tertiary alicyclic amines) is 1. The van der Waals surface area contributed by atoms with Crippen LogP contribution in [0.5, 0.6) is 5.75 Å². The molecule has 0 spiro atoms. The van der Waals surface area contributed by atoms with E-state index in [1.54, 1.807) is 7.11 Å². The van der Waals surface area contributed by atoms with Gasteiger partial charge in [-0.15, -0.1) is 0 Å². The smallest absolute Gasteiger partial charge is 0.318 e. The molecular weight excluding hydrogens is 354 g/mol. The topological polar surface area (TPSA) is 54.0 Å². The van der Waals surface area contributed by atoms with Crippen molar-refractivity contribution >= 4 is 16.8 Å². The average molecular weight is 386 g/mol. The van der Waals surface area contributed by atoms with E-state index in [4.69, 9.17) is 9.47 Å². The molecule has 0 aliphatic carbocycles. The molecule has 1 aliphatic rings. The molecule has 2 atom stereocenters. The van der Waals surface area contributed by atoms with E-state index in [-0.39, 0.29) is 25.0 Å². The van der Waals surface area contributed by atoms with E-state index < -0.39 is 0 Å². The van der Waals surface area contributed by atoms with E-state index in [0.29, 0.717) is 0 Å². The van der Waals surface area contributed by atoms with Gasteiger partial charge in [-0.1, -0.05) is 30.3 Å². The summed E-state index contributed by atoms with van der Waals surface area (Å²) < 4.78 is 10.7. The van der Waals surface area contributed by atoms with Crippen LogP contribution in [-0.2, 0) is 4.74 Å². The fraction of sp³-hybridized carbons (Fsp3) is 0.500. The highest BCUT2D eigenvalue weighted by atomic mass is 16.7. The number of urea groups is 1. The molecule has 2 aromatic rings. The normalized spacial score (nSPS) is 18.6. The average Bonchev–Trinajstić information content (AvgIpc) is 2.71. The van der Waals surface area contributed by atoms with Crippen molar-refractivity contribution in [3.63, 3.8) is 0 Å². The van der Waals surface area contributed by atoms with Crippen LogP contribution in [0.15, 0.2) is 36.4 Å². The van der Waals surface area contributed by atoms with E-state index in [0.717, 1.165) is 41.5 Å². The van der Waals surface area contributed by atoms with Crippen molar-refractivity contribution in [3.05, 3.63) is 42.0 Å². The van der Waals surface area contributed by atoms with Crippen LogP contribution in [0.4, 0.5) is 4.79 Å². The van der Waals surface area contributed by atoms with Crippen molar-refractivity contribution in [1.29, 1.82) is 0 Å². The fourth-order valence-corrected chi connectivity index (χ4v) is 3.97. The minimum Gasteiger partial charge on any atom is -0.467 e. The first-order chi connectivity index (χ1) is 13.5. The Morgan fingerprint density at radius 1 is 1.25 bits per heavy atom. The van der Waals surface area contributed by atoms with Crippen LogP contribution in [0.2, 0.25) is 0 Å². The molecule has 152 valence electrons. The maximum Gasteiger partial charge on any atom is 0.318 e. The van der Waals surface area contributed by atoms with Crippen molar-refractivity contribution in [1.82, 2.24) is 15.1 Å². The first kappa shape index (κ1) is 20.4. The van der Waals surface area contributed by atoms with Gasteiger partial charge in [-0.25, -0.2) is 4.79 Å². The Bertz CT molecular complexity index is 811. The molecule has 1 fully saturated rings. The van der Waals surface area contributed by atoms with Gasteiger partial charge in [0.1, 0.15) is 5.75 Å². The second-order valence-corrected chi connectivity index (χ2v) is 7.49. The van der Waals surface area contributed by atoms with Gasteiger partial charge in [0, 0.05) is 19.5 Å². The zero-order chi connectivity index (χ0) is 20.1. The number of carbonyl (C=O) groups is 1. The lowest BCUT2D eigenvalue weighted by Gasteiger charge is -2.39. The number of carbonyl (C=O) groups excluding carboxylic acids is 1. The fourth-order valence-electron chi connectivity index (χ4n) is 3.97. The molecule has 2 aromatic carbocycles. The largest absolute Gasteiger partial charge is 0.467 e. The zero-order valence-electron chi connectivity index (χ0n) is 17.3. The minimum absolute atomic E-state index is 0.0463. The quantitative estimate of drug-likeness (QED) is 0.765. The molecule has 6 nitrogen and oxygen atoms in total. The van der Waals surface area contributed by atoms with Crippen LogP contribution in [0, 0.1) is 0 Å². The minimum atomic E-state index is -0.120. The highest BCUT2D eigenvalue weighted by Gasteiger charge is 2.27. The number of amides is 2. The number of ether oxygens (including phenoxy) is 2. The third-order valence-corrected chi connectivity index (χ3v) is 5.56. The predicted octanol–water partition coefficient (Wildman–Crippen LogP) is 3.97. The molecule has 2 unspecified atom stereocenters. The highest BCUT2D eigenvalue weighted by Crippen LogP contribution is 2.32. The van der Waals surface area contributed by atoms with Crippen molar-refractivity contribution in [3.8, 4) is 5.75 Å². The molecule has 1 saturated heterocycles. The predicted molar refractivity (Wildman–Crippen MR) is 111 cm³/mol. The monoisotopic (exact) mass is 385 g/mol. The zero-order valence-corrected chi connectivity index (χ0v) is 17.3. The molecule has 0 bridgehead atoms. The molecule has 0 aromatic heterocycles. The first-order valence-corrected chi connectivity index (χ1v) is 9.90. The Labute approximate surface area is 167 Å². The molecule has 1 heterocycles. The van der Waals surface area contributed by atoms with Gasteiger partial charge in [-0.3, -0.25) is 4.90 Å². The van der Waals surface area contributed by atoms with E-state index in [1.165, 1.54) is 6.42 Å². The summed E-state index contributed by atoms with van der Waals surface area (Å²) in [6.07, 6.45) is 3.53. The van der Waals surface area contributed by atoms with E-state index in [9.17, 15) is 4.79 Å². The van der Waals surface area contributed by atoms with Crippen molar-refractivity contribution < 1.29 is 14.3 Å². The summed E-state index contributed by atoms with van der Waals surface area (Å²) in [5.74, 6) is 0.778. The van der Waals surface area contributed by atoms with Crippen LogP contribution in [0.3, 0.4) is 0 Å². The second-order valence-electron chi connectivity index (χ2n) is 7.49. The number of hydrogen-bond acceptors (Lipinski definition) is 4. The van der Waals surface area contributed by atoms with Gasteiger partial charge in [0.05, 0.1) is 12.2 Å². The summed E-state index contributed by atoms with van der Waals surface area (Å²) in [5, 5.41) is 5.25. The van der Waals surface area contributed by atoms with Gasteiger partial charge < -0.3 is 19.7 Å². The summed E-state index contributed by atoms with van der Waals surface area (Å²) in [6.45, 7) is 3.26. The van der Waals surface area contributed by atoms with Gasteiger partial charge in [0.2, 0.25) is 0 Å². The summed E-state index contributed by atoms with van der Waals surface area (Å²) in [5.41, 5.74) is 1.07. The molecule has 2 amide bonds. The van der Waals surface area contributed by atoms with Gasteiger partial charge in [0.25, 0.3) is 0 Å². The highest BCUT2D eigenvalue weighted by molar-refractivity contribution is 5.91. The van der Waals surface area contributed by atoms with Crippen molar-refractivity contribution in [2.75, 3.05) is 34.5 Å². The van der Waals surface area contributed by atoms with Gasteiger partial charge in [0.15, 0.2) is 6.79 Å². The number of nitrogens with zero attached hydrogens (tertiary/aromatic N) is 2. The number of benzene rings is 2. The standard InChI is InChI=1S/C22H31N3O3/c1-16(23-22(26)25(3)21-11-7-8-14-24(21)2)17-12-13-20(28-15-27-4)19-10-6-5-9-18(17)19/h5-6,9-10,12-13,16,21H,7-8,11,14-15H2,1-4H3,(H,23,26). The van der Waals surface area contributed by atoms with Crippen LogP contribution in [0.25, 0.3) is 10.8 Å². The molecule has 0 saturated carbocycles. The Hall–Kier alpha value is -2.31. The number of piperidine rings is 1. The van der Waals surface area contributed by atoms with Crippen molar-refractivity contribution in [2.45, 2.75) is 38.4 Å². The summed E-state index contributed by atoms with van der Waals surface area (Å²) in [4.78, 5) is 16.9. The lowest BCUT2D eigenvalue weighted by Crippen LogP contribution is -2.52. The number of nitrogens with one attached hydrogen (secondary N) is 1. The molecule has 0 radical (unpaired) electrons. The summed E-state index contributed by atoms with van der Waals surface area (Å²) in [7, 11) is 5.58. The number of methoxy groups -OCH3 is 1. The molecule has 1 aliphatic heterocycles. The summed E-state index contributed by atoms with van der Waals surface area (Å²) >= 11 is 0. The SMILES string of the molecule is COCOc1ccc(C(C)NC(=O)N(C)C2CCCCN2C)c2ccccc12. The lowest BCUT2D eigenvalue weighted by molar-refractivity contribution is 0.0522. The number of fused-ring (bicyclic) bond motifs is 1. The van der Waals surface area contributed by atoms with E-state index in [2.05, 4.69) is 23.3 Å². The number of hydrogen-bond donors (Lipinski definition) is 1. The van der Waals surface area contributed by atoms with E-state index >= 15 is 0 Å². The third-order valence-electron chi connectivity index (χ3n) is 5.56. The Kier molecular flexibility index (Phi) is 6.75. The van der Waals surface area contributed by atoms with E-state index in [1.807, 2.05) is 49.2 Å². The van der Waals surface area contributed by atoms with Crippen LogP contribution < -0.4 is 10.1 Å².